The molecule has 1 amide bonds. The number of carbonyl (C=O) groups excluding carboxylic acids is 1. The van der Waals surface area contributed by atoms with Crippen molar-refractivity contribution in [3.05, 3.63) is 53.6 Å². The zero-order valence-electron chi connectivity index (χ0n) is 13.6. The molecule has 2 aromatic heterocycles. The number of rotatable bonds is 5. The zero-order valence-corrected chi connectivity index (χ0v) is 15.2. The first-order valence-corrected chi connectivity index (χ1v) is 9.61. The Kier molecular flexibility index (Phi) is 5.01. The van der Waals surface area contributed by atoms with Gasteiger partial charge >= 0.3 is 0 Å². The lowest BCUT2D eigenvalue weighted by molar-refractivity contribution is 0.0992. The van der Waals surface area contributed by atoms with Gasteiger partial charge in [0, 0.05) is 24.2 Å². The van der Waals surface area contributed by atoms with Crippen LogP contribution in [-0.4, -0.2) is 26.5 Å². The normalized spacial score (nSPS) is 12.0. The largest absolute Gasteiger partial charge is 0.312 e. The van der Waals surface area contributed by atoms with E-state index in [9.17, 15) is 4.79 Å². The average molecular weight is 358 g/mol. The molecule has 0 saturated heterocycles. The summed E-state index contributed by atoms with van der Waals surface area (Å²) in [6.45, 7) is 7.12. The predicted octanol–water partition coefficient (Wildman–Crippen LogP) is 3.57. The molecule has 7 heteroatoms. The molecule has 2 heterocycles. The Bertz CT molecular complexity index is 965. The van der Waals surface area contributed by atoms with Crippen molar-refractivity contribution in [2.24, 2.45) is 4.99 Å². The molecule has 0 aliphatic heterocycles. The minimum Gasteiger partial charge on any atom is -0.312 e. The van der Waals surface area contributed by atoms with Crippen LogP contribution in [0, 0.1) is 0 Å². The van der Waals surface area contributed by atoms with Gasteiger partial charge in [-0.2, -0.15) is 10.1 Å². The number of thiazole rings is 1. The second kappa shape index (κ2) is 7.19. The molecule has 0 fully saturated rings. The zero-order chi connectivity index (χ0) is 17.1. The van der Waals surface area contributed by atoms with Crippen molar-refractivity contribution in [1.82, 2.24) is 14.3 Å². The molecule has 24 heavy (non-hydrogen) atoms. The van der Waals surface area contributed by atoms with E-state index in [-0.39, 0.29) is 5.91 Å². The molecule has 0 spiro atoms. The molecule has 0 aliphatic carbocycles. The van der Waals surface area contributed by atoms with E-state index in [2.05, 4.69) is 34.9 Å². The van der Waals surface area contributed by atoms with Crippen molar-refractivity contribution in [1.29, 1.82) is 0 Å². The Labute approximate surface area is 148 Å². The highest BCUT2D eigenvalue weighted by molar-refractivity contribution is 7.98. The fraction of sp³-hybridized carbons (Fsp3) is 0.235. The number of hydrogen-bond acceptors (Lipinski definition) is 4. The standard InChI is InChI=1S/C17H18N4OS2/c1-4-9-21-14-7-6-12(23-3)11-15(14)24-17(21)18-16(22)13-8-10-20(5-2)19-13/h4,6-8,10-11H,1,5,9H2,2-3H3. The van der Waals surface area contributed by atoms with Crippen LogP contribution in [0.3, 0.4) is 0 Å². The van der Waals surface area contributed by atoms with E-state index in [0.29, 0.717) is 17.0 Å². The van der Waals surface area contributed by atoms with Crippen LogP contribution in [0.1, 0.15) is 17.4 Å². The Morgan fingerprint density at radius 3 is 2.96 bits per heavy atom. The van der Waals surface area contributed by atoms with Gasteiger partial charge in [-0.25, -0.2) is 0 Å². The summed E-state index contributed by atoms with van der Waals surface area (Å²) in [7, 11) is 0. The summed E-state index contributed by atoms with van der Waals surface area (Å²) >= 11 is 3.20. The summed E-state index contributed by atoms with van der Waals surface area (Å²) in [4.78, 5) is 18.6. The second-order valence-corrected chi connectivity index (χ2v) is 6.98. The first-order valence-electron chi connectivity index (χ1n) is 7.57. The van der Waals surface area contributed by atoms with Gasteiger partial charge in [-0.05, 0) is 37.4 Å². The van der Waals surface area contributed by atoms with Crippen molar-refractivity contribution in [3.63, 3.8) is 0 Å². The molecule has 3 rings (SSSR count). The van der Waals surface area contributed by atoms with Gasteiger partial charge in [0.2, 0.25) is 0 Å². The number of hydrogen-bond donors (Lipinski definition) is 0. The number of carbonyl (C=O) groups is 1. The molecule has 0 atom stereocenters. The van der Waals surface area contributed by atoms with E-state index >= 15 is 0 Å². The number of allylic oxidation sites excluding steroid dienone is 1. The fourth-order valence-corrected chi connectivity index (χ4v) is 3.96. The van der Waals surface area contributed by atoms with Crippen LogP contribution in [0.5, 0.6) is 0 Å². The summed E-state index contributed by atoms with van der Waals surface area (Å²) in [5.41, 5.74) is 1.42. The number of fused-ring (bicyclic) bond motifs is 1. The smallest absolute Gasteiger partial charge is 0.300 e. The lowest BCUT2D eigenvalue weighted by Crippen LogP contribution is -2.16. The minimum absolute atomic E-state index is 0.323. The molecular weight excluding hydrogens is 340 g/mol. The Balaban J connectivity index is 2.10. The number of thioether (sulfide) groups is 1. The van der Waals surface area contributed by atoms with Crippen LogP contribution in [0.2, 0.25) is 0 Å². The highest BCUT2D eigenvalue weighted by Crippen LogP contribution is 2.24. The van der Waals surface area contributed by atoms with Crippen LogP contribution in [0.15, 0.2) is 53.0 Å². The molecule has 0 aliphatic rings. The molecule has 0 bridgehead atoms. The lowest BCUT2D eigenvalue weighted by atomic mass is 10.3. The average Bonchev–Trinajstić information content (AvgIpc) is 3.20. The van der Waals surface area contributed by atoms with Gasteiger partial charge < -0.3 is 4.57 Å². The van der Waals surface area contributed by atoms with Crippen LogP contribution < -0.4 is 4.80 Å². The minimum atomic E-state index is -0.323. The van der Waals surface area contributed by atoms with E-state index in [1.54, 1.807) is 28.7 Å². The van der Waals surface area contributed by atoms with Gasteiger partial charge in [0.25, 0.3) is 5.91 Å². The molecule has 0 unspecified atom stereocenters. The number of aryl methyl sites for hydroxylation is 1. The van der Waals surface area contributed by atoms with Gasteiger partial charge in [0.05, 0.1) is 10.2 Å². The highest BCUT2D eigenvalue weighted by Gasteiger charge is 2.11. The van der Waals surface area contributed by atoms with Gasteiger partial charge in [0.1, 0.15) is 0 Å². The van der Waals surface area contributed by atoms with Crippen LogP contribution >= 0.6 is 23.1 Å². The van der Waals surface area contributed by atoms with Gasteiger partial charge in [0.15, 0.2) is 10.5 Å². The Hall–Kier alpha value is -2.12. The van der Waals surface area contributed by atoms with Crippen LogP contribution in [-0.2, 0) is 13.1 Å². The van der Waals surface area contributed by atoms with E-state index < -0.39 is 0 Å². The maximum Gasteiger partial charge on any atom is 0.300 e. The quantitative estimate of drug-likeness (QED) is 0.517. The topological polar surface area (TPSA) is 52.2 Å². The summed E-state index contributed by atoms with van der Waals surface area (Å²) in [6.07, 6.45) is 5.64. The van der Waals surface area contributed by atoms with Crippen molar-refractivity contribution in [3.8, 4) is 0 Å². The van der Waals surface area contributed by atoms with E-state index in [1.165, 1.54) is 16.2 Å². The van der Waals surface area contributed by atoms with Crippen molar-refractivity contribution in [2.45, 2.75) is 24.9 Å². The molecule has 124 valence electrons. The van der Waals surface area contributed by atoms with Crippen molar-refractivity contribution < 1.29 is 4.79 Å². The number of aromatic nitrogens is 3. The van der Waals surface area contributed by atoms with Gasteiger partial charge in [-0.15, -0.1) is 18.3 Å². The third-order valence-electron chi connectivity index (χ3n) is 3.58. The molecule has 0 saturated carbocycles. The molecular formula is C17H18N4OS2. The van der Waals surface area contributed by atoms with Gasteiger partial charge in [-0.3, -0.25) is 9.48 Å². The molecule has 1 aromatic carbocycles. The Morgan fingerprint density at radius 1 is 1.46 bits per heavy atom. The number of benzene rings is 1. The van der Waals surface area contributed by atoms with E-state index in [0.717, 1.165) is 16.8 Å². The molecule has 0 N–H and O–H groups in total. The van der Waals surface area contributed by atoms with Gasteiger partial charge in [-0.1, -0.05) is 17.4 Å². The van der Waals surface area contributed by atoms with E-state index in [4.69, 9.17) is 0 Å². The monoisotopic (exact) mass is 358 g/mol. The maximum absolute atomic E-state index is 12.4. The van der Waals surface area contributed by atoms with Crippen molar-refractivity contribution >= 4 is 39.2 Å². The fourth-order valence-electron chi connectivity index (χ4n) is 2.37. The summed E-state index contributed by atoms with van der Waals surface area (Å²) < 4.78 is 4.83. The first kappa shape index (κ1) is 16.7. The maximum atomic E-state index is 12.4. The highest BCUT2D eigenvalue weighted by atomic mass is 32.2. The first-order chi connectivity index (χ1) is 11.7. The summed E-state index contributed by atoms with van der Waals surface area (Å²) in [5.74, 6) is -0.323. The third-order valence-corrected chi connectivity index (χ3v) is 5.35. The SMILES string of the molecule is C=CCn1c(=NC(=O)c2ccn(CC)n2)sc2cc(SC)ccc21. The summed E-state index contributed by atoms with van der Waals surface area (Å²) in [5, 5.41) is 4.23. The number of nitrogens with zero attached hydrogens (tertiary/aromatic N) is 4. The van der Waals surface area contributed by atoms with E-state index in [1.807, 2.05) is 23.8 Å². The molecule has 5 nitrogen and oxygen atoms in total. The number of amides is 1. The Morgan fingerprint density at radius 2 is 2.29 bits per heavy atom. The third kappa shape index (κ3) is 3.22. The summed E-state index contributed by atoms with van der Waals surface area (Å²) in [6, 6.07) is 7.97. The second-order valence-electron chi connectivity index (χ2n) is 5.09. The van der Waals surface area contributed by atoms with Crippen LogP contribution in [0.25, 0.3) is 10.2 Å². The lowest BCUT2D eigenvalue weighted by Gasteiger charge is -2.01. The molecule has 3 aromatic rings. The molecule has 0 radical (unpaired) electrons. The van der Waals surface area contributed by atoms with Crippen LogP contribution in [0.4, 0.5) is 0 Å². The predicted molar refractivity (Wildman–Crippen MR) is 99.6 cm³/mol. The van der Waals surface area contributed by atoms with Crippen molar-refractivity contribution in [2.75, 3.05) is 6.26 Å².